The molecule has 0 amide bonds. The molecule has 0 spiro atoms. The molecule has 1 aliphatic carbocycles. The van der Waals surface area contributed by atoms with Crippen LogP contribution in [-0.4, -0.2) is 161 Å². The van der Waals surface area contributed by atoms with E-state index >= 15 is 0 Å². The molecule has 0 aromatic heterocycles. The number of hydrogen-bond acceptors (Lipinski definition) is 18. The lowest BCUT2D eigenvalue weighted by Gasteiger charge is -2.45. The average Bonchev–Trinajstić information content (AvgIpc) is 3.25. The number of aliphatic hydroxyl groups excluding tert-OH is 6. The summed E-state index contributed by atoms with van der Waals surface area (Å²) in [4.78, 5) is 0. The summed E-state index contributed by atoms with van der Waals surface area (Å²) in [6.07, 6.45) is -15.0. The van der Waals surface area contributed by atoms with Crippen LogP contribution in [0.15, 0.2) is 11.8 Å². The number of ether oxygens (including phenoxy) is 6. The number of nitrogens with one attached hydrogen (secondary N) is 1. The second kappa shape index (κ2) is 14.3. The second-order valence-corrected chi connectivity index (χ2v) is 11.1. The zero-order chi connectivity index (χ0) is 30.9. The molecule has 18 nitrogen and oxygen atoms in total. The Balaban J connectivity index is 1.49. The molecule has 3 fully saturated rings. The highest BCUT2D eigenvalue weighted by Gasteiger charge is 2.53. The van der Waals surface area contributed by atoms with E-state index in [4.69, 9.17) is 57.1 Å². The molecule has 17 atom stereocenters. The molecule has 3 aliphatic heterocycles. The molecule has 18 heteroatoms. The summed E-state index contributed by atoms with van der Waals surface area (Å²) in [7, 11) is 1.69. The van der Waals surface area contributed by atoms with Gasteiger partial charge < -0.3 is 93.0 Å². The molecule has 244 valence electrons. The van der Waals surface area contributed by atoms with E-state index in [0.717, 1.165) is 0 Å². The Hall–Kier alpha value is -1.14. The third-order valence-electron chi connectivity index (χ3n) is 8.07. The Labute approximate surface area is 242 Å². The van der Waals surface area contributed by atoms with Crippen LogP contribution in [0.3, 0.4) is 0 Å². The lowest BCUT2D eigenvalue weighted by molar-refractivity contribution is -0.282. The van der Waals surface area contributed by atoms with Crippen LogP contribution in [0.4, 0.5) is 0 Å². The Morgan fingerprint density at radius 3 is 2.07 bits per heavy atom. The van der Waals surface area contributed by atoms with Crippen LogP contribution < -0.4 is 34.0 Å². The number of aliphatic hydroxyl groups is 6. The molecular formula is C24H46N6O12. The molecule has 4 aliphatic rings. The van der Waals surface area contributed by atoms with Crippen LogP contribution in [0.2, 0.25) is 0 Å². The van der Waals surface area contributed by atoms with Gasteiger partial charge in [-0.1, -0.05) is 0 Å². The fraction of sp³-hybridized carbons (Fsp3) is 0.917. The van der Waals surface area contributed by atoms with Crippen LogP contribution in [0.5, 0.6) is 0 Å². The zero-order valence-corrected chi connectivity index (χ0v) is 23.2. The highest BCUT2D eigenvalue weighted by atomic mass is 16.8. The summed E-state index contributed by atoms with van der Waals surface area (Å²) >= 11 is 0. The molecule has 1 unspecified atom stereocenters. The van der Waals surface area contributed by atoms with E-state index < -0.39 is 111 Å². The van der Waals surface area contributed by atoms with Crippen molar-refractivity contribution in [2.45, 2.75) is 110 Å². The van der Waals surface area contributed by atoms with E-state index in [0.29, 0.717) is 5.76 Å². The molecule has 0 aromatic carbocycles. The predicted octanol–water partition coefficient (Wildman–Crippen LogP) is -7.48. The molecule has 0 bridgehead atoms. The van der Waals surface area contributed by atoms with Crippen LogP contribution >= 0.6 is 0 Å². The van der Waals surface area contributed by atoms with E-state index in [1.165, 1.54) is 6.08 Å². The van der Waals surface area contributed by atoms with Crippen molar-refractivity contribution in [3.8, 4) is 0 Å². The van der Waals surface area contributed by atoms with Gasteiger partial charge >= 0.3 is 0 Å². The SMILES string of the molecule is CNCC1=C[C@H](O)[C@@H](N)[C@@H](O[C@H]2[C@H](O[C@@H]3O[C@H](CO)[C@@H](O[C@H]4OC(CN)[C@@H](O)[C@H](O)[C@H]4N)[C@H]3O)[C@@H](O)[C@H](N)C[C@@H]2N)O1. The first-order chi connectivity index (χ1) is 19.9. The summed E-state index contributed by atoms with van der Waals surface area (Å²) < 4.78 is 35.0. The molecule has 17 N–H and O–H groups in total. The third-order valence-corrected chi connectivity index (χ3v) is 8.07. The summed E-state index contributed by atoms with van der Waals surface area (Å²) in [6.45, 7) is -0.483. The Morgan fingerprint density at radius 2 is 1.43 bits per heavy atom. The smallest absolute Gasteiger partial charge is 0.218 e. The summed E-state index contributed by atoms with van der Waals surface area (Å²) in [5.41, 5.74) is 30.2. The van der Waals surface area contributed by atoms with Crippen LogP contribution in [0.1, 0.15) is 6.42 Å². The van der Waals surface area contributed by atoms with Gasteiger partial charge in [0.1, 0.15) is 54.6 Å². The van der Waals surface area contributed by atoms with E-state index in [1.54, 1.807) is 7.05 Å². The Kier molecular flexibility index (Phi) is 11.5. The standard InChI is InChI=1S/C24H46N6O12/c1-30-5-7-2-10(32)13(28)22(37-7)40-19-9(27)3-8(26)15(33)21(19)42-24-18(36)20(12(6-31)39-24)41-23-14(29)17(35)16(34)11(4-25)38-23/h2,8-24,30-36H,3-6,25-29H2,1H3/t8-,9+,10+,11?,12-,13-,14-,15+,16-,17-,18-,19-,20-,21-,22-,23-,24+/m1/s1. The molecule has 42 heavy (non-hydrogen) atoms. The van der Waals surface area contributed by atoms with E-state index in [2.05, 4.69) is 5.32 Å². The molecule has 4 rings (SSSR count). The number of hydrogen-bond donors (Lipinski definition) is 12. The van der Waals surface area contributed by atoms with Crippen molar-refractivity contribution >= 4 is 0 Å². The Bertz CT molecular complexity index is 908. The third kappa shape index (κ3) is 6.90. The van der Waals surface area contributed by atoms with Gasteiger partial charge in [0.2, 0.25) is 6.29 Å². The van der Waals surface area contributed by atoms with Crippen LogP contribution in [0.25, 0.3) is 0 Å². The maximum atomic E-state index is 11.1. The fourth-order valence-electron chi connectivity index (χ4n) is 5.60. The molecule has 3 heterocycles. The van der Waals surface area contributed by atoms with Crippen molar-refractivity contribution in [1.82, 2.24) is 5.32 Å². The van der Waals surface area contributed by atoms with Gasteiger partial charge in [-0.3, -0.25) is 0 Å². The minimum absolute atomic E-state index is 0.141. The minimum atomic E-state index is -1.57. The summed E-state index contributed by atoms with van der Waals surface area (Å²) in [5, 5.41) is 65.8. The van der Waals surface area contributed by atoms with Crippen molar-refractivity contribution in [3.05, 3.63) is 11.8 Å². The van der Waals surface area contributed by atoms with Crippen LogP contribution in [0, 0.1) is 0 Å². The zero-order valence-electron chi connectivity index (χ0n) is 23.2. The van der Waals surface area contributed by atoms with Gasteiger partial charge in [0.15, 0.2) is 12.6 Å². The highest BCUT2D eigenvalue weighted by molar-refractivity contribution is 5.09. The number of likely N-dealkylation sites (N-methyl/N-ethyl adjacent to an activating group) is 1. The average molecular weight is 611 g/mol. The first kappa shape index (κ1) is 33.7. The lowest BCUT2D eigenvalue weighted by atomic mass is 9.84. The largest absolute Gasteiger partial charge is 0.466 e. The van der Waals surface area contributed by atoms with Crippen molar-refractivity contribution in [2.75, 3.05) is 26.7 Å². The fourth-order valence-corrected chi connectivity index (χ4v) is 5.60. The van der Waals surface area contributed by atoms with E-state index in [9.17, 15) is 30.6 Å². The van der Waals surface area contributed by atoms with Gasteiger partial charge in [0.05, 0.1) is 37.4 Å². The normalized spacial score (nSPS) is 49.9. The van der Waals surface area contributed by atoms with Crippen molar-refractivity contribution < 1.29 is 59.1 Å². The predicted molar refractivity (Wildman–Crippen MR) is 142 cm³/mol. The minimum Gasteiger partial charge on any atom is -0.466 e. The monoisotopic (exact) mass is 610 g/mol. The highest BCUT2D eigenvalue weighted by Crippen LogP contribution is 2.34. The Morgan fingerprint density at radius 1 is 0.786 bits per heavy atom. The number of rotatable bonds is 10. The maximum Gasteiger partial charge on any atom is 0.218 e. The van der Waals surface area contributed by atoms with Gasteiger partial charge in [-0.15, -0.1) is 0 Å². The van der Waals surface area contributed by atoms with Gasteiger partial charge in [-0.05, 0) is 19.5 Å². The second-order valence-electron chi connectivity index (χ2n) is 11.1. The quantitative estimate of drug-likeness (QED) is 0.109. The van der Waals surface area contributed by atoms with Gasteiger partial charge in [-0.2, -0.15) is 0 Å². The molecule has 0 aromatic rings. The van der Waals surface area contributed by atoms with Crippen molar-refractivity contribution in [2.24, 2.45) is 28.7 Å². The molecule has 0 radical (unpaired) electrons. The first-order valence-electron chi connectivity index (χ1n) is 13.9. The maximum absolute atomic E-state index is 11.1. The first-order valence-corrected chi connectivity index (χ1v) is 13.9. The van der Waals surface area contributed by atoms with Gasteiger partial charge in [-0.25, -0.2) is 0 Å². The topological polar surface area (TPSA) is 319 Å². The van der Waals surface area contributed by atoms with Crippen molar-refractivity contribution in [1.29, 1.82) is 0 Å². The van der Waals surface area contributed by atoms with Crippen molar-refractivity contribution in [3.63, 3.8) is 0 Å². The molecule has 1 saturated carbocycles. The molecular weight excluding hydrogens is 564 g/mol. The van der Waals surface area contributed by atoms with Crippen LogP contribution in [-0.2, 0) is 28.4 Å². The lowest BCUT2D eigenvalue weighted by Crippen LogP contribution is -2.65. The van der Waals surface area contributed by atoms with Gasteiger partial charge in [0, 0.05) is 18.6 Å². The van der Waals surface area contributed by atoms with E-state index in [-0.39, 0.29) is 19.5 Å². The summed E-state index contributed by atoms with van der Waals surface area (Å²) in [5.74, 6) is 0.383. The number of nitrogens with two attached hydrogens (primary N) is 5. The van der Waals surface area contributed by atoms with E-state index in [1.807, 2.05) is 0 Å². The summed E-state index contributed by atoms with van der Waals surface area (Å²) in [6, 6.07) is -3.83. The molecule has 2 saturated heterocycles. The van der Waals surface area contributed by atoms with Gasteiger partial charge in [0.25, 0.3) is 0 Å².